The molecule has 0 aliphatic carbocycles. The Morgan fingerprint density at radius 1 is 1.26 bits per heavy atom. The molecule has 0 aromatic heterocycles. The molecule has 2 amide bonds. The Hall–Kier alpha value is -2.33. The minimum Gasteiger partial charge on any atom is -0.326 e. The summed E-state index contributed by atoms with van der Waals surface area (Å²) in [6.07, 6.45) is 0.659. The van der Waals surface area contributed by atoms with E-state index < -0.39 is 0 Å². The van der Waals surface area contributed by atoms with Gasteiger partial charge >= 0.3 is 0 Å². The summed E-state index contributed by atoms with van der Waals surface area (Å²) in [6.45, 7) is 1.92. The van der Waals surface area contributed by atoms with Crippen molar-refractivity contribution < 1.29 is 9.59 Å². The van der Waals surface area contributed by atoms with Crippen LogP contribution in [0.15, 0.2) is 36.4 Å². The van der Waals surface area contributed by atoms with Crippen LogP contribution in [0.1, 0.15) is 16.7 Å². The average Bonchev–Trinajstić information content (AvgIpc) is 2.77. The van der Waals surface area contributed by atoms with E-state index in [2.05, 4.69) is 5.32 Å². The minimum absolute atomic E-state index is 0.0798. The zero-order valence-electron chi connectivity index (χ0n) is 13.0. The number of hydrogen-bond acceptors (Lipinski definition) is 2. The van der Waals surface area contributed by atoms with E-state index in [9.17, 15) is 9.59 Å². The molecule has 118 valence electrons. The van der Waals surface area contributed by atoms with Gasteiger partial charge in [0.05, 0.1) is 12.8 Å². The van der Waals surface area contributed by atoms with Crippen LogP contribution in [-0.2, 0) is 22.4 Å². The van der Waals surface area contributed by atoms with Gasteiger partial charge in [0.15, 0.2) is 0 Å². The number of aryl methyl sites for hydroxylation is 1. The molecule has 1 aliphatic rings. The smallest absolute Gasteiger partial charge is 0.231 e. The SMILES string of the molecule is Cc1ccc(Cl)cc1NC(=O)Cc1ccc2c(c1)CC(=O)N2C. The third kappa shape index (κ3) is 3.22. The molecule has 4 nitrogen and oxygen atoms in total. The first-order valence-corrected chi connectivity index (χ1v) is 7.76. The van der Waals surface area contributed by atoms with E-state index >= 15 is 0 Å². The van der Waals surface area contributed by atoms with Crippen molar-refractivity contribution in [1.82, 2.24) is 0 Å². The first-order chi connectivity index (χ1) is 10.9. The van der Waals surface area contributed by atoms with Crippen molar-refractivity contribution >= 4 is 34.8 Å². The van der Waals surface area contributed by atoms with Gasteiger partial charge in [-0.1, -0.05) is 29.8 Å². The number of likely N-dealkylation sites (N-methyl/N-ethyl adjacent to an activating group) is 1. The van der Waals surface area contributed by atoms with Crippen LogP contribution >= 0.6 is 11.6 Å². The first-order valence-electron chi connectivity index (χ1n) is 7.38. The number of nitrogens with one attached hydrogen (secondary N) is 1. The van der Waals surface area contributed by atoms with Crippen molar-refractivity contribution in [2.45, 2.75) is 19.8 Å². The monoisotopic (exact) mass is 328 g/mol. The quantitative estimate of drug-likeness (QED) is 0.939. The van der Waals surface area contributed by atoms with Crippen molar-refractivity contribution in [2.75, 3.05) is 17.3 Å². The number of anilines is 2. The molecule has 2 aromatic rings. The van der Waals surface area contributed by atoms with Gasteiger partial charge in [-0.25, -0.2) is 0 Å². The summed E-state index contributed by atoms with van der Waals surface area (Å²) in [5.41, 5.74) is 4.47. The predicted octanol–water partition coefficient (Wildman–Crippen LogP) is 3.35. The van der Waals surface area contributed by atoms with Gasteiger partial charge in [0.25, 0.3) is 0 Å². The Labute approximate surface area is 140 Å². The lowest BCUT2D eigenvalue weighted by atomic mass is 10.1. The topological polar surface area (TPSA) is 49.4 Å². The second-order valence-corrected chi connectivity index (χ2v) is 6.21. The maximum Gasteiger partial charge on any atom is 0.231 e. The molecule has 0 spiro atoms. The van der Waals surface area contributed by atoms with Crippen LogP contribution in [0.4, 0.5) is 11.4 Å². The fourth-order valence-electron chi connectivity index (χ4n) is 2.74. The zero-order valence-corrected chi connectivity index (χ0v) is 13.8. The average molecular weight is 329 g/mol. The van der Waals surface area contributed by atoms with Gasteiger partial charge in [-0.05, 0) is 41.8 Å². The number of nitrogens with zero attached hydrogens (tertiary/aromatic N) is 1. The number of halogens is 1. The van der Waals surface area contributed by atoms with Crippen molar-refractivity contribution in [3.05, 3.63) is 58.1 Å². The second kappa shape index (κ2) is 6.05. The van der Waals surface area contributed by atoms with Crippen molar-refractivity contribution in [3.8, 4) is 0 Å². The number of hydrogen-bond donors (Lipinski definition) is 1. The molecule has 1 N–H and O–H groups in total. The molecule has 0 radical (unpaired) electrons. The Kier molecular flexibility index (Phi) is 4.09. The summed E-state index contributed by atoms with van der Waals surface area (Å²) in [4.78, 5) is 25.6. The first kappa shape index (κ1) is 15.6. The molecule has 0 fully saturated rings. The van der Waals surface area contributed by atoms with Gasteiger partial charge in [-0.2, -0.15) is 0 Å². The Morgan fingerprint density at radius 2 is 2.04 bits per heavy atom. The zero-order chi connectivity index (χ0) is 16.6. The molecule has 2 aromatic carbocycles. The highest BCUT2D eigenvalue weighted by Gasteiger charge is 2.24. The van der Waals surface area contributed by atoms with Crippen LogP contribution in [0, 0.1) is 6.92 Å². The summed E-state index contributed by atoms with van der Waals surface area (Å²) in [5.74, 6) is -0.0239. The van der Waals surface area contributed by atoms with E-state index in [0.29, 0.717) is 11.4 Å². The second-order valence-electron chi connectivity index (χ2n) is 5.78. The molecule has 5 heteroatoms. The lowest BCUT2D eigenvalue weighted by molar-refractivity contribution is -0.117. The molecule has 1 heterocycles. The van der Waals surface area contributed by atoms with E-state index in [0.717, 1.165) is 28.1 Å². The standard InChI is InChI=1S/C18H17ClN2O2/c1-11-3-5-14(19)10-15(11)20-17(22)8-12-4-6-16-13(7-12)9-18(23)21(16)2/h3-7,10H,8-9H2,1-2H3,(H,20,22). The highest BCUT2D eigenvalue weighted by molar-refractivity contribution is 6.31. The van der Waals surface area contributed by atoms with Crippen LogP contribution in [0.2, 0.25) is 5.02 Å². The molecule has 0 saturated carbocycles. The predicted molar refractivity (Wildman–Crippen MR) is 92.1 cm³/mol. The van der Waals surface area contributed by atoms with Gasteiger partial charge in [0.1, 0.15) is 0 Å². The Bertz CT molecular complexity index is 802. The molecular weight excluding hydrogens is 312 g/mol. The summed E-state index contributed by atoms with van der Waals surface area (Å²) >= 11 is 5.96. The molecule has 0 unspecified atom stereocenters. The Morgan fingerprint density at radius 3 is 2.83 bits per heavy atom. The van der Waals surface area contributed by atoms with Crippen LogP contribution in [-0.4, -0.2) is 18.9 Å². The third-order valence-electron chi connectivity index (χ3n) is 4.06. The largest absolute Gasteiger partial charge is 0.326 e. The fraction of sp³-hybridized carbons (Fsp3) is 0.222. The number of fused-ring (bicyclic) bond motifs is 1. The number of carbonyl (C=O) groups is 2. The van der Waals surface area contributed by atoms with Crippen molar-refractivity contribution in [1.29, 1.82) is 0 Å². The minimum atomic E-state index is -0.104. The van der Waals surface area contributed by atoms with Crippen LogP contribution < -0.4 is 10.2 Å². The van der Waals surface area contributed by atoms with Gasteiger partial charge < -0.3 is 10.2 Å². The maximum atomic E-state index is 12.2. The maximum absolute atomic E-state index is 12.2. The highest BCUT2D eigenvalue weighted by atomic mass is 35.5. The summed E-state index contributed by atoms with van der Waals surface area (Å²) in [7, 11) is 1.77. The molecule has 3 rings (SSSR count). The summed E-state index contributed by atoms with van der Waals surface area (Å²) in [5, 5.41) is 3.47. The van der Waals surface area contributed by atoms with E-state index in [1.165, 1.54) is 0 Å². The normalized spacial score (nSPS) is 13.2. The molecule has 23 heavy (non-hydrogen) atoms. The fourth-order valence-corrected chi connectivity index (χ4v) is 2.91. The number of rotatable bonds is 3. The van der Waals surface area contributed by atoms with Gasteiger partial charge in [-0.3, -0.25) is 9.59 Å². The van der Waals surface area contributed by atoms with Crippen molar-refractivity contribution in [2.24, 2.45) is 0 Å². The number of carbonyl (C=O) groups excluding carboxylic acids is 2. The lowest BCUT2D eigenvalue weighted by Crippen LogP contribution is -2.20. The molecule has 0 saturated heterocycles. The Balaban J connectivity index is 1.73. The van der Waals surface area contributed by atoms with Crippen LogP contribution in [0.25, 0.3) is 0 Å². The molecule has 0 bridgehead atoms. The van der Waals surface area contributed by atoms with Crippen LogP contribution in [0.3, 0.4) is 0 Å². The van der Waals surface area contributed by atoms with Gasteiger partial charge in [0.2, 0.25) is 11.8 Å². The van der Waals surface area contributed by atoms with Gasteiger partial charge in [0, 0.05) is 23.4 Å². The number of benzene rings is 2. The van der Waals surface area contributed by atoms with E-state index in [1.807, 2.05) is 31.2 Å². The molecule has 1 aliphatic heterocycles. The summed E-state index contributed by atoms with van der Waals surface area (Å²) < 4.78 is 0. The van der Waals surface area contributed by atoms with Crippen LogP contribution in [0.5, 0.6) is 0 Å². The number of amides is 2. The lowest BCUT2D eigenvalue weighted by Gasteiger charge is -2.11. The van der Waals surface area contributed by atoms with E-state index in [4.69, 9.17) is 11.6 Å². The third-order valence-corrected chi connectivity index (χ3v) is 4.29. The highest BCUT2D eigenvalue weighted by Crippen LogP contribution is 2.28. The summed E-state index contributed by atoms with van der Waals surface area (Å²) in [6, 6.07) is 11.1. The van der Waals surface area contributed by atoms with E-state index in [1.54, 1.807) is 24.1 Å². The van der Waals surface area contributed by atoms with Gasteiger partial charge in [-0.15, -0.1) is 0 Å². The molecular formula is C18H17ClN2O2. The van der Waals surface area contributed by atoms with E-state index in [-0.39, 0.29) is 18.2 Å². The van der Waals surface area contributed by atoms with Crippen molar-refractivity contribution in [3.63, 3.8) is 0 Å². The molecule has 0 atom stereocenters.